The smallest absolute Gasteiger partial charge is 0.459 e. The van der Waals surface area contributed by atoms with Crippen LogP contribution in [0.2, 0.25) is 0 Å². The fourth-order valence-electron chi connectivity index (χ4n) is 3.59. The number of nitrogens with zero attached hydrogens (tertiary/aromatic N) is 2. The summed E-state index contributed by atoms with van der Waals surface area (Å²) in [6, 6.07) is 6.74. The lowest BCUT2D eigenvalue weighted by Gasteiger charge is -2.27. The number of alkyl halides is 7. The summed E-state index contributed by atoms with van der Waals surface area (Å²) < 4.78 is 105. The Hall–Kier alpha value is -2.63. The lowest BCUT2D eigenvalue weighted by atomic mass is 10.1. The van der Waals surface area contributed by atoms with E-state index in [1.54, 1.807) is 36.7 Å². The molecule has 0 fully saturated rings. The van der Waals surface area contributed by atoms with Crippen molar-refractivity contribution < 1.29 is 44.9 Å². The number of halogens is 7. The van der Waals surface area contributed by atoms with Crippen molar-refractivity contribution in [2.75, 3.05) is 26.4 Å². The Morgan fingerprint density at radius 3 is 1.92 bits per heavy atom. The van der Waals surface area contributed by atoms with Crippen LogP contribution in [0.25, 0.3) is 11.4 Å². The van der Waals surface area contributed by atoms with Crippen LogP contribution in [0.3, 0.4) is 0 Å². The van der Waals surface area contributed by atoms with Gasteiger partial charge < -0.3 is 14.2 Å². The third-order valence-corrected chi connectivity index (χ3v) is 5.81. The van der Waals surface area contributed by atoms with Gasteiger partial charge in [-0.3, -0.25) is 0 Å². The number of hydrogen-bond donors (Lipinski definition) is 0. The van der Waals surface area contributed by atoms with E-state index in [0.717, 1.165) is 19.3 Å². The number of rotatable bonds is 19. The summed E-state index contributed by atoms with van der Waals surface area (Å²) in [4.78, 5) is 8.42. The monoisotopic (exact) mass is 568 g/mol. The molecule has 0 saturated heterocycles. The first kappa shape index (κ1) is 32.6. The van der Waals surface area contributed by atoms with Crippen LogP contribution < -0.4 is 9.47 Å². The molecule has 0 aliphatic rings. The topological polar surface area (TPSA) is 53.5 Å². The van der Waals surface area contributed by atoms with E-state index in [-0.39, 0.29) is 13.0 Å². The second-order valence-electron chi connectivity index (χ2n) is 9.09. The fraction of sp³-hybridized carbons (Fsp3) is 0.630. The lowest BCUT2D eigenvalue weighted by molar-refractivity contribution is -0.361. The Labute approximate surface area is 224 Å². The van der Waals surface area contributed by atoms with Gasteiger partial charge in [-0.25, -0.2) is 9.97 Å². The van der Waals surface area contributed by atoms with E-state index >= 15 is 0 Å². The average molecular weight is 569 g/mol. The summed E-state index contributed by atoms with van der Waals surface area (Å²) in [5, 5.41) is 0. The molecule has 0 atom stereocenters. The third kappa shape index (κ3) is 10.5. The molecular weight excluding hydrogens is 533 g/mol. The summed E-state index contributed by atoms with van der Waals surface area (Å²) in [5.74, 6) is -10.3. The zero-order chi connectivity index (χ0) is 28.8. The Bertz CT molecular complexity index is 960. The second-order valence-corrected chi connectivity index (χ2v) is 9.09. The first-order chi connectivity index (χ1) is 18.5. The average Bonchev–Trinajstić information content (AvgIpc) is 2.90. The van der Waals surface area contributed by atoms with Crippen molar-refractivity contribution in [3.8, 4) is 22.9 Å². The minimum Gasteiger partial charge on any atom is -0.490 e. The molecule has 0 bridgehead atoms. The predicted octanol–water partition coefficient (Wildman–Crippen LogP) is 8.28. The molecule has 12 heteroatoms. The van der Waals surface area contributed by atoms with Crippen molar-refractivity contribution in [1.82, 2.24) is 9.97 Å². The highest BCUT2D eigenvalue weighted by atomic mass is 19.4. The van der Waals surface area contributed by atoms with E-state index in [0.29, 0.717) is 29.5 Å². The Morgan fingerprint density at radius 1 is 0.692 bits per heavy atom. The Kier molecular flexibility index (Phi) is 13.2. The first-order valence-electron chi connectivity index (χ1n) is 13.1. The van der Waals surface area contributed by atoms with Crippen LogP contribution in [0.5, 0.6) is 11.5 Å². The van der Waals surface area contributed by atoms with Gasteiger partial charge in [-0.2, -0.15) is 30.7 Å². The van der Waals surface area contributed by atoms with Gasteiger partial charge in [-0.05, 0) is 30.7 Å². The van der Waals surface area contributed by atoms with Crippen LogP contribution in [-0.2, 0) is 4.74 Å². The first-order valence-corrected chi connectivity index (χ1v) is 13.1. The predicted molar refractivity (Wildman–Crippen MR) is 132 cm³/mol. The van der Waals surface area contributed by atoms with Crippen molar-refractivity contribution in [3.63, 3.8) is 0 Å². The molecule has 2 aromatic rings. The van der Waals surface area contributed by atoms with Gasteiger partial charge in [-0.15, -0.1) is 0 Å². The van der Waals surface area contributed by atoms with Crippen molar-refractivity contribution in [2.45, 2.75) is 82.7 Å². The van der Waals surface area contributed by atoms with Crippen LogP contribution in [0.1, 0.15) is 64.7 Å². The van der Waals surface area contributed by atoms with Crippen LogP contribution in [0.15, 0.2) is 36.7 Å². The molecule has 1 aromatic heterocycles. The number of hydrogen-bond acceptors (Lipinski definition) is 5. The standard InChI is InChI=1S/C27H35F7N2O3/c1-2-3-4-5-6-7-8-9-17-39-23-19-21(24-35-14-10-15-36-24)12-13-22(23)38-18-11-16-37-20-25(28,29)26(30,31)27(32,33)34/h10,12-15,19H,2-9,11,16-18,20H2,1H3. The molecule has 2 rings (SSSR count). The highest BCUT2D eigenvalue weighted by molar-refractivity contribution is 5.60. The Balaban J connectivity index is 1.86. The number of benzene rings is 1. The molecule has 0 aliphatic carbocycles. The van der Waals surface area contributed by atoms with E-state index in [9.17, 15) is 30.7 Å². The summed E-state index contributed by atoms with van der Waals surface area (Å²) in [5.41, 5.74) is 0.685. The van der Waals surface area contributed by atoms with Crippen LogP contribution in [0, 0.1) is 0 Å². The van der Waals surface area contributed by atoms with Gasteiger partial charge in [0.25, 0.3) is 0 Å². The molecule has 0 aliphatic heterocycles. The summed E-state index contributed by atoms with van der Waals surface area (Å²) >= 11 is 0. The maximum Gasteiger partial charge on any atom is 0.459 e. The molecule has 0 N–H and O–H groups in total. The highest BCUT2D eigenvalue weighted by Gasteiger charge is 2.72. The van der Waals surface area contributed by atoms with Gasteiger partial charge >= 0.3 is 18.0 Å². The van der Waals surface area contributed by atoms with E-state index < -0.39 is 31.2 Å². The van der Waals surface area contributed by atoms with Gasteiger partial charge in [0.15, 0.2) is 17.3 Å². The quantitative estimate of drug-likeness (QED) is 0.126. The van der Waals surface area contributed by atoms with E-state index in [1.807, 2.05) is 0 Å². The van der Waals surface area contributed by atoms with Crippen molar-refractivity contribution in [2.24, 2.45) is 0 Å². The highest BCUT2D eigenvalue weighted by Crippen LogP contribution is 2.46. The second kappa shape index (κ2) is 15.8. The lowest BCUT2D eigenvalue weighted by Crippen LogP contribution is -2.54. The molecule has 1 aromatic carbocycles. The van der Waals surface area contributed by atoms with E-state index in [4.69, 9.17) is 9.47 Å². The molecule has 220 valence electrons. The van der Waals surface area contributed by atoms with Crippen LogP contribution in [0.4, 0.5) is 30.7 Å². The van der Waals surface area contributed by atoms with Gasteiger partial charge in [-0.1, -0.05) is 51.9 Å². The molecule has 1 heterocycles. The van der Waals surface area contributed by atoms with Crippen LogP contribution in [-0.4, -0.2) is 54.4 Å². The normalized spacial score (nSPS) is 12.5. The van der Waals surface area contributed by atoms with Crippen molar-refractivity contribution in [1.29, 1.82) is 0 Å². The SMILES string of the molecule is CCCCCCCCCCOc1cc(-c2ncccn2)ccc1OCCCOCC(F)(F)C(F)(F)C(F)(F)F. The van der Waals surface area contributed by atoms with Gasteiger partial charge in [0.2, 0.25) is 0 Å². The summed E-state index contributed by atoms with van der Waals surface area (Å²) in [6.07, 6.45) is 5.84. The van der Waals surface area contributed by atoms with E-state index in [2.05, 4.69) is 21.6 Å². The van der Waals surface area contributed by atoms with Gasteiger partial charge in [0, 0.05) is 24.4 Å². The third-order valence-electron chi connectivity index (χ3n) is 5.81. The molecule has 0 spiro atoms. The zero-order valence-corrected chi connectivity index (χ0v) is 21.9. The van der Waals surface area contributed by atoms with Gasteiger partial charge in [0.05, 0.1) is 19.8 Å². The molecule has 0 saturated carbocycles. The molecule has 5 nitrogen and oxygen atoms in total. The maximum atomic E-state index is 13.3. The summed E-state index contributed by atoms with van der Waals surface area (Å²) in [7, 11) is 0. The largest absolute Gasteiger partial charge is 0.490 e. The number of ether oxygens (including phenoxy) is 3. The Morgan fingerprint density at radius 2 is 1.28 bits per heavy atom. The van der Waals surface area contributed by atoms with Crippen molar-refractivity contribution >= 4 is 0 Å². The zero-order valence-electron chi connectivity index (χ0n) is 21.9. The van der Waals surface area contributed by atoms with E-state index in [1.165, 1.54) is 32.1 Å². The van der Waals surface area contributed by atoms with Gasteiger partial charge in [0.1, 0.15) is 6.61 Å². The number of unbranched alkanes of at least 4 members (excludes halogenated alkanes) is 7. The molecule has 39 heavy (non-hydrogen) atoms. The molecular formula is C27H35F7N2O3. The maximum absolute atomic E-state index is 13.3. The molecule has 0 radical (unpaired) electrons. The molecule has 0 unspecified atom stereocenters. The van der Waals surface area contributed by atoms with Crippen molar-refractivity contribution in [3.05, 3.63) is 36.7 Å². The minimum atomic E-state index is -6.38. The molecule has 0 amide bonds. The fourth-order valence-corrected chi connectivity index (χ4v) is 3.59. The summed E-state index contributed by atoms with van der Waals surface area (Å²) in [6.45, 7) is -0.0333. The van der Waals surface area contributed by atoms with Crippen LogP contribution >= 0.6 is 0 Å². The minimum absolute atomic E-state index is 0.0330. The number of aromatic nitrogens is 2.